The molecule has 2 atom stereocenters. The highest BCUT2D eigenvalue weighted by molar-refractivity contribution is 5.82. The van der Waals surface area contributed by atoms with Crippen molar-refractivity contribution >= 4 is 5.91 Å². The van der Waals surface area contributed by atoms with Crippen LogP contribution in [0, 0.1) is 0 Å². The van der Waals surface area contributed by atoms with Crippen LogP contribution in [0.25, 0.3) is 0 Å². The number of rotatable bonds is 5. The number of likely N-dealkylation sites (tertiary alicyclic amines) is 1. The van der Waals surface area contributed by atoms with Crippen molar-refractivity contribution in [1.82, 2.24) is 20.0 Å². The molecule has 0 aromatic carbocycles. The molecule has 1 amide bonds. The quantitative estimate of drug-likeness (QED) is 0.871. The van der Waals surface area contributed by atoms with Crippen LogP contribution in [0.1, 0.15) is 33.6 Å². The second-order valence-corrected chi connectivity index (χ2v) is 5.62. The molecule has 1 saturated heterocycles. The van der Waals surface area contributed by atoms with Gasteiger partial charge in [-0.2, -0.15) is 5.10 Å². The van der Waals surface area contributed by atoms with Crippen LogP contribution in [0.2, 0.25) is 0 Å². The van der Waals surface area contributed by atoms with Gasteiger partial charge in [0, 0.05) is 31.0 Å². The normalized spacial score (nSPS) is 22.0. The first-order chi connectivity index (χ1) is 9.08. The number of carbonyl (C=O) groups is 1. The van der Waals surface area contributed by atoms with E-state index in [9.17, 15) is 4.79 Å². The minimum Gasteiger partial charge on any atom is -0.337 e. The zero-order valence-electron chi connectivity index (χ0n) is 12.0. The summed E-state index contributed by atoms with van der Waals surface area (Å²) in [5, 5.41) is 7.57. The van der Waals surface area contributed by atoms with Gasteiger partial charge in [0.15, 0.2) is 0 Å². The van der Waals surface area contributed by atoms with Gasteiger partial charge in [-0.1, -0.05) is 13.8 Å². The first-order valence-electron chi connectivity index (χ1n) is 7.12. The summed E-state index contributed by atoms with van der Waals surface area (Å²) < 4.78 is 1.89. The number of amides is 1. The van der Waals surface area contributed by atoms with E-state index < -0.39 is 0 Å². The number of hydrogen-bond acceptors (Lipinski definition) is 3. The predicted octanol–water partition coefficient (Wildman–Crippen LogP) is 1.26. The molecule has 0 bridgehead atoms. The number of aromatic nitrogens is 2. The van der Waals surface area contributed by atoms with Crippen LogP contribution in [-0.2, 0) is 11.3 Å². The van der Waals surface area contributed by atoms with E-state index >= 15 is 0 Å². The Morgan fingerprint density at radius 1 is 1.47 bits per heavy atom. The highest BCUT2D eigenvalue weighted by Crippen LogP contribution is 2.16. The first kappa shape index (κ1) is 14.1. The van der Waals surface area contributed by atoms with Gasteiger partial charge in [0.1, 0.15) is 0 Å². The first-order valence-corrected chi connectivity index (χ1v) is 7.12. The van der Waals surface area contributed by atoms with E-state index in [4.69, 9.17) is 0 Å². The molecule has 5 nitrogen and oxygen atoms in total. The molecule has 1 aromatic heterocycles. The maximum atomic E-state index is 12.5. The summed E-state index contributed by atoms with van der Waals surface area (Å²) in [5.41, 5.74) is 0. The molecule has 0 radical (unpaired) electrons. The van der Waals surface area contributed by atoms with Gasteiger partial charge >= 0.3 is 0 Å². The maximum absolute atomic E-state index is 12.5. The lowest BCUT2D eigenvalue weighted by atomic mass is 10.0. The van der Waals surface area contributed by atoms with Gasteiger partial charge in [-0.15, -0.1) is 0 Å². The van der Waals surface area contributed by atoms with Gasteiger partial charge in [0.25, 0.3) is 0 Å². The molecule has 2 unspecified atom stereocenters. The Kier molecular flexibility index (Phi) is 4.58. The number of nitrogens with zero attached hydrogens (tertiary/aromatic N) is 3. The Hall–Kier alpha value is -1.36. The number of piperidine rings is 1. The molecule has 0 saturated carbocycles. The van der Waals surface area contributed by atoms with Crippen molar-refractivity contribution in [3.63, 3.8) is 0 Å². The second-order valence-electron chi connectivity index (χ2n) is 5.62. The molecule has 1 aliphatic heterocycles. The summed E-state index contributed by atoms with van der Waals surface area (Å²) in [7, 11) is 0. The lowest BCUT2D eigenvalue weighted by Crippen LogP contribution is -2.55. The molecule has 0 aliphatic carbocycles. The van der Waals surface area contributed by atoms with Gasteiger partial charge in [-0.25, -0.2) is 0 Å². The monoisotopic (exact) mass is 264 g/mol. The van der Waals surface area contributed by atoms with Gasteiger partial charge in [-0.3, -0.25) is 9.48 Å². The molecular weight excluding hydrogens is 240 g/mol. The van der Waals surface area contributed by atoms with Gasteiger partial charge in [-0.05, 0) is 25.8 Å². The van der Waals surface area contributed by atoms with E-state index in [-0.39, 0.29) is 18.0 Å². The van der Waals surface area contributed by atoms with E-state index in [0.29, 0.717) is 6.04 Å². The van der Waals surface area contributed by atoms with E-state index in [2.05, 4.69) is 31.2 Å². The molecule has 5 heteroatoms. The van der Waals surface area contributed by atoms with Crippen LogP contribution in [0.15, 0.2) is 18.5 Å². The fourth-order valence-electron chi connectivity index (χ4n) is 2.67. The minimum atomic E-state index is -0.0196. The van der Waals surface area contributed by atoms with Crippen molar-refractivity contribution in [1.29, 1.82) is 0 Å². The van der Waals surface area contributed by atoms with Gasteiger partial charge in [0.2, 0.25) is 5.91 Å². The third-order valence-electron chi connectivity index (χ3n) is 3.55. The standard InChI is InChI=1S/C14H24N4O/c1-11(2)16-13-6-4-9-18(14(13)19)12(3)10-17-8-5-7-15-17/h5,7-8,11-13,16H,4,6,9-10H2,1-3H3. The average Bonchev–Trinajstić information content (AvgIpc) is 2.84. The fraction of sp³-hybridized carbons (Fsp3) is 0.714. The number of hydrogen-bond donors (Lipinski definition) is 1. The van der Waals surface area contributed by atoms with Gasteiger partial charge in [0.05, 0.1) is 12.6 Å². The highest BCUT2D eigenvalue weighted by Gasteiger charge is 2.31. The Labute approximate surface area is 115 Å². The smallest absolute Gasteiger partial charge is 0.240 e. The zero-order chi connectivity index (χ0) is 13.8. The second kappa shape index (κ2) is 6.19. The van der Waals surface area contributed by atoms with Crippen molar-refractivity contribution in [2.45, 2.75) is 58.3 Å². The summed E-state index contributed by atoms with van der Waals surface area (Å²) in [4.78, 5) is 14.5. The van der Waals surface area contributed by atoms with E-state index in [1.54, 1.807) is 6.20 Å². The van der Waals surface area contributed by atoms with Crippen LogP contribution in [0.3, 0.4) is 0 Å². The molecule has 2 rings (SSSR count). The van der Waals surface area contributed by atoms with Crippen LogP contribution in [-0.4, -0.2) is 45.3 Å². The van der Waals surface area contributed by atoms with E-state index in [0.717, 1.165) is 25.9 Å². The van der Waals surface area contributed by atoms with Crippen molar-refractivity contribution < 1.29 is 4.79 Å². The molecule has 19 heavy (non-hydrogen) atoms. The Morgan fingerprint density at radius 3 is 2.89 bits per heavy atom. The van der Waals surface area contributed by atoms with E-state index in [1.165, 1.54) is 0 Å². The third kappa shape index (κ3) is 3.56. The molecule has 0 spiro atoms. The summed E-state index contributed by atoms with van der Waals surface area (Å²) in [6.07, 6.45) is 5.73. The van der Waals surface area contributed by atoms with Gasteiger partial charge < -0.3 is 10.2 Å². The van der Waals surface area contributed by atoms with Crippen molar-refractivity contribution in [3.8, 4) is 0 Å². The average molecular weight is 264 g/mol. The molecule has 1 aliphatic rings. The Morgan fingerprint density at radius 2 is 2.26 bits per heavy atom. The number of nitrogens with one attached hydrogen (secondary N) is 1. The zero-order valence-corrected chi connectivity index (χ0v) is 12.0. The van der Waals surface area contributed by atoms with Crippen LogP contribution in [0.5, 0.6) is 0 Å². The van der Waals surface area contributed by atoms with Crippen LogP contribution in [0.4, 0.5) is 0 Å². The lowest BCUT2D eigenvalue weighted by molar-refractivity contribution is -0.138. The molecule has 1 fully saturated rings. The molecule has 106 valence electrons. The SMILES string of the molecule is CC(C)NC1CCCN(C(C)Cn2cccn2)C1=O. The molecular formula is C14H24N4O. The lowest BCUT2D eigenvalue weighted by Gasteiger charge is -2.37. The largest absolute Gasteiger partial charge is 0.337 e. The molecule has 1 N–H and O–H groups in total. The fourth-order valence-corrected chi connectivity index (χ4v) is 2.67. The summed E-state index contributed by atoms with van der Waals surface area (Å²) in [6, 6.07) is 2.42. The van der Waals surface area contributed by atoms with Crippen LogP contribution >= 0.6 is 0 Å². The Balaban J connectivity index is 1.96. The summed E-state index contributed by atoms with van der Waals surface area (Å²) in [5.74, 6) is 0.236. The van der Waals surface area contributed by atoms with Crippen molar-refractivity contribution in [2.24, 2.45) is 0 Å². The highest BCUT2D eigenvalue weighted by atomic mass is 16.2. The maximum Gasteiger partial charge on any atom is 0.240 e. The molecule has 1 aromatic rings. The topological polar surface area (TPSA) is 50.2 Å². The molecule has 2 heterocycles. The Bertz CT molecular complexity index is 402. The summed E-state index contributed by atoms with van der Waals surface area (Å²) >= 11 is 0. The minimum absolute atomic E-state index is 0.0196. The van der Waals surface area contributed by atoms with Crippen molar-refractivity contribution in [3.05, 3.63) is 18.5 Å². The van der Waals surface area contributed by atoms with E-state index in [1.807, 2.05) is 21.8 Å². The third-order valence-corrected chi connectivity index (χ3v) is 3.55. The van der Waals surface area contributed by atoms with Crippen molar-refractivity contribution in [2.75, 3.05) is 6.54 Å². The van der Waals surface area contributed by atoms with Crippen LogP contribution < -0.4 is 5.32 Å². The predicted molar refractivity (Wildman–Crippen MR) is 74.7 cm³/mol. The summed E-state index contributed by atoms with van der Waals surface area (Å²) in [6.45, 7) is 7.88. The number of carbonyl (C=O) groups excluding carboxylic acids is 1.